The van der Waals surface area contributed by atoms with Crippen LogP contribution in [0.15, 0.2) is 24.5 Å². The van der Waals surface area contributed by atoms with Crippen molar-refractivity contribution >= 4 is 35.2 Å². The smallest absolute Gasteiger partial charge is 0.293 e. The van der Waals surface area contributed by atoms with Crippen LogP contribution in [0.1, 0.15) is 38.1 Å². The Morgan fingerprint density at radius 3 is 2.50 bits per heavy atom. The van der Waals surface area contributed by atoms with E-state index in [0.29, 0.717) is 10.9 Å². The summed E-state index contributed by atoms with van der Waals surface area (Å²) >= 11 is 7.35. The number of pyridine rings is 1. The number of ether oxygens (including phenoxy) is 1. The van der Waals surface area contributed by atoms with Crippen molar-refractivity contribution in [3.8, 4) is 0 Å². The molecule has 24 heavy (non-hydrogen) atoms. The standard InChI is InChI=1S/C12H14ClN3S.C5H10O2/c1-3-16(8-10-7-15-12(13)17-10)11-9(2)5-4-6-14-11;1-5(2,3)7-4-6/h4-7H,3,8H2,1-2H3;4H,1-3H3. The molecule has 0 spiro atoms. The van der Waals surface area contributed by atoms with Gasteiger partial charge in [-0.25, -0.2) is 9.97 Å². The Balaban J connectivity index is 0.000000351. The number of aromatic nitrogens is 2. The lowest BCUT2D eigenvalue weighted by Crippen LogP contribution is -2.23. The molecule has 132 valence electrons. The highest BCUT2D eigenvalue weighted by Gasteiger charge is 2.10. The highest BCUT2D eigenvalue weighted by molar-refractivity contribution is 7.15. The fourth-order valence-corrected chi connectivity index (χ4v) is 2.83. The third kappa shape index (κ3) is 7.27. The summed E-state index contributed by atoms with van der Waals surface area (Å²) in [6, 6.07) is 4.03. The van der Waals surface area contributed by atoms with Crippen LogP contribution in [-0.4, -0.2) is 28.6 Å². The van der Waals surface area contributed by atoms with Crippen LogP contribution in [0.2, 0.25) is 4.47 Å². The lowest BCUT2D eigenvalue weighted by molar-refractivity contribution is -0.138. The van der Waals surface area contributed by atoms with Gasteiger partial charge in [0, 0.05) is 23.8 Å². The first-order chi connectivity index (χ1) is 11.3. The summed E-state index contributed by atoms with van der Waals surface area (Å²) in [5.41, 5.74) is 0.867. The molecule has 0 unspecified atom stereocenters. The quantitative estimate of drug-likeness (QED) is 0.727. The second-order valence-electron chi connectivity index (χ2n) is 6.06. The van der Waals surface area contributed by atoms with Gasteiger partial charge in [-0.1, -0.05) is 17.7 Å². The molecule has 0 saturated heterocycles. The molecular weight excluding hydrogens is 346 g/mol. The van der Waals surface area contributed by atoms with Gasteiger partial charge in [-0.2, -0.15) is 0 Å². The highest BCUT2D eigenvalue weighted by atomic mass is 35.5. The number of hydrogen-bond acceptors (Lipinski definition) is 6. The number of hydrogen-bond donors (Lipinski definition) is 0. The first kappa shape index (κ1) is 20.4. The van der Waals surface area contributed by atoms with Gasteiger partial charge < -0.3 is 9.64 Å². The van der Waals surface area contributed by atoms with E-state index in [-0.39, 0.29) is 5.60 Å². The average Bonchev–Trinajstić information content (AvgIpc) is 2.90. The number of rotatable bonds is 5. The highest BCUT2D eigenvalue weighted by Crippen LogP contribution is 2.23. The van der Waals surface area contributed by atoms with Gasteiger partial charge in [0.25, 0.3) is 6.47 Å². The lowest BCUT2D eigenvalue weighted by atomic mass is 10.2. The molecule has 0 saturated carbocycles. The molecule has 0 aliphatic heterocycles. The molecule has 2 aromatic rings. The molecule has 0 aromatic carbocycles. The predicted molar refractivity (Wildman–Crippen MR) is 99.7 cm³/mol. The van der Waals surface area contributed by atoms with Crippen molar-refractivity contribution in [2.45, 2.75) is 46.8 Å². The zero-order valence-electron chi connectivity index (χ0n) is 14.7. The van der Waals surface area contributed by atoms with Crippen LogP contribution in [-0.2, 0) is 16.1 Å². The van der Waals surface area contributed by atoms with Crippen molar-refractivity contribution in [1.29, 1.82) is 0 Å². The first-order valence-electron chi connectivity index (χ1n) is 7.65. The van der Waals surface area contributed by atoms with E-state index in [0.717, 1.165) is 23.8 Å². The van der Waals surface area contributed by atoms with Crippen LogP contribution < -0.4 is 4.90 Å². The molecular formula is C17H24ClN3O2S. The van der Waals surface area contributed by atoms with E-state index in [1.54, 1.807) is 0 Å². The fraction of sp³-hybridized carbons (Fsp3) is 0.471. The molecule has 0 N–H and O–H groups in total. The van der Waals surface area contributed by atoms with Crippen molar-refractivity contribution in [2.24, 2.45) is 0 Å². The van der Waals surface area contributed by atoms with E-state index in [1.165, 1.54) is 16.9 Å². The molecule has 0 atom stereocenters. The number of carbonyl (C=O) groups is 1. The molecule has 0 aliphatic rings. The Labute approximate surface area is 152 Å². The van der Waals surface area contributed by atoms with Crippen LogP contribution >= 0.6 is 22.9 Å². The second-order valence-corrected chi connectivity index (χ2v) is 7.76. The van der Waals surface area contributed by atoms with Gasteiger partial charge in [-0.3, -0.25) is 4.79 Å². The zero-order valence-corrected chi connectivity index (χ0v) is 16.3. The van der Waals surface area contributed by atoms with E-state index >= 15 is 0 Å². The van der Waals surface area contributed by atoms with Crippen LogP contribution in [0.25, 0.3) is 0 Å². The van der Waals surface area contributed by atoms with Gasteiger partial charge in [-0.15, -0.1) is 11.3 Å². The maximum atomic E-state index is 9.60. The third-order valence-corrected chi connectivity index (χ3v) is 4.04. The van der Waals surface area contributed by atoms with Crippen LogP contribution in [0.5, 0.6) is 0 Å². The first-order valence-corrected chi connectivity index (χ1v) is 8.84. The Kier molecular flexibility index (Phi) is 8.15. The zero-order chi connectivity index (χ0) is 18.2. The maximum absolute atomic E-state index is 9.60. The van der Waals surface area contributed by atoms with Gasteiger partial charge in [-0.05, 0) is 46.2 Å². The van der Waals surface area contributed by atoms with Crippen molar-refractivity contribution in [3.05, 3.63) is 39.4 Å². The summed E-state index contributed by atoms with van der Waals surface area (Å²) in [4.78, 5) is 21.5. The van der Waals surface area contributed by atoms with E-state index in [1.807, 2.05) is 39.2 Å². The number of aryl methyl sites for hydroxylation is 1. The molecule has 0 amide bonds. The molecule has 7 heteroatoms. The predicted octanol–water partition coefficient (Wildman–Crippen LogP) is 4.48. The SMILES string of the molecule is CC(C)(C)OC=O.CCN(Cc1cnc(Cl)s1)c1ncccc1C. The number of anilines is 1. The van der Waals surface area contributed by atoms with Gasteiger partial charge in [0.2, 0.25) is 0 Å². The molecule has 0 radical (unpaired) electrons. The lowest BCUT2D eigenvalue weighted by Gasteiger charge is -2.22. The number of carbonyl (C=O) groups excluding carboxylic acids is 1. The topological polar surface area (TPSA) is 55.3 Å². The Morgan fingerprint density at radius 2 is 2.08 bits per heavy atom. The molecule has 0 fully saturated rings. The monoisotopic (exact) mass is 369 g/mol. The normalized spacial score (nSPS) is 10.6. The number of thiazole rings is 1. The second kappa shape index (κ2) is 9.59. The number of halogens is 1. The summed E-state index contributed by atoms with van der Waals surface area (Å²) in [5, 5.41) is 0. The van der Waals surface area contributed by atoms with Gasteiger partial charge in [0.05, 0.1) is 6.54 Å². The molecule has 0 aliphatic carbocycles. The molecule has 5 nitrogen and oxygen atoms in total. The van der Waals surface area contributed by atoms with Crippen LogP contribution in [0.4, 0.5) is 5.82 Å². The minimum Gasteiger partial charge on any atom is -0.462 e. The summed E-state index contributed by atoms with van der Waals surface area (Å²) < 4.78 is 5.14. The maximum Gasteiger partial charge on any atom is 0.293 e. The van der Waals surface area contributed by atoms with E-state index in [9.17, 15) is 4.79 Å². The van der Waals surface area contributed by atoms with Crippen LogP contribution in [0, 0.1) is 6.92 Å². The van der Waals surface area contributed by atoms with Gasteiger partial charge in [0.15, 0.2) is 4.47 Å². The summed E-state index contributed by atoms with van der Waals surface area (Å²) in [6.07, 6.45) is 3.65. The molecule has 0 bridgehead atoms. The Bertz CT molecular complexity index is 641. The minimum atomic E-state index is -0.318. The Hall–Kier alpha value is -1.66. The molecule has 2 heterocycles. The largest absolute Gasteiger partial charge is 0.462 e. The van der Waals surface area contributed by atoms with Crippen molar-refractivity contribution < 1.29 is 9.53 Å². The fourth-order valence-electron chi connectivity index (χ4n) is 1.83. The minimum absolute atomic E-state index is 0.318. The average molecular weight is 370 g/mol. The number of nitrogens with zero attached hydrogens (tertiary/aromatic N) is 3. The van der Waals surface area contributed by atoms with E-state index < -0.39 is 0 Å². The van der Waals surface area contributed by atoms with Crippen molar-refractivity contribution in [3.63, 3.8) is 0 Å². The molecule has 2 aromatic heterocycles. The summed E-state index contributed by atoms with van der Waals surface area (Å²) in [7, 11) is 0. The van der Waals surface area contributed by atoms with Crippen molar-refractivity contribution in [2.75, 3.05) is 11.4 Å². The van der Waals surface area contributed by atoms with Crippen LogP contribution in [0.3, 0.4) is 0 Å². The summed E-state index contributed by atoms with van der Waals surface area (Å²) in [5.74, 6) is 1.03. The van der Waals surface area contributed by atoms with Gasteiger partial charge >= 0.3 is 0 Å². The van der Waals surface area contributed by atoms with E-state index in [2.05, 4.69) is 39.5 Å². The van der Waals surface area contributed by atoms with E-state index in [4.69, 9.17) is 11.6 Å². The summed E-state index contributed by atoms with van der Waals surface area (Å²) in [6.45, 7) is 11.8. The molecule has 2 rings (SSSR count). The Morgan fingerprint density at radius 1 is 1.38 bits per heavy atom. The third-order valence-electron chi connectivity index (χ3n) is 2.94. The van der Waals surface area contributed by atoms with Gasteiger partial charge in [0.1, 0.15) is 11.4 Å². The van der Waals surface area contributed by atoms with Crippen molar-refractivity contribution in [1.82, 2.24) is 9.97 Å².